The number of aryl methyl sites for hydroxylation is 1. The van der Waals surface area contributed by atoms with Crippen LogP contribution in [0.25, 0.3) is 0 Å². The summed E-state index contributed by atoms with van der Waals surface area (Å²) in [6.07, 6.45) is 3.54. The van der Waals surface area contributed by atoms with Gasteiger partial charge in [-0.1, -0.05) is 30.5 Å². The van der Waals surface area contributed by atoms with Crippen molar-refractivity contribution in [2.45, 2.75) is 37.9 Å². The Kier molecular flexibility index (Phi) is 5.64. The molecule has 6 nitrogen and oxygen atoms in total. The van der Waals surface area contributed by atoms with Crippen LogP contribution in [0.5, 0.6) is 5.75 Å². The van der Waals surface area contributed by atoms with E-state index in [1.807, 2.05) is 31.2 Å². The Morgan fingerprint density at radius 1 is 1.08 bits per heavy atom. The molecular weight excluding hydrogens is 340 g/mol. The van der Waals surface area contributed by atoms with E-state index in [0.717, 1.165) is 31.2 Å². The Labute approximate surface area is 149 Å². The number of benzene rings is 1. The monoisotopic (exact) mass is 366 g/mol. The predicted octanol–water partition coefficient (Wildman–Crippen LogP) is 1.79. The van der Waals surface area contributed by atoms with E-state index in [4.69, 9.17) is 4.74 Å². The van der Waals surface area contributed by atoms with Crippen molar-refractivity contribution < 1.29 is 17.9 Å². The molecule has 3 rings (SSSR count). The van der Waals surface area contributed by atoms with Gasteiger partial charge in [0.25, 0.3) is 5.91 Å². The van der Waals surface area contributed by atoms with Gasteiger partial charge in [-0.05, 0) is 31.9 Å². The van der Waals surface area contributed by atoms with Crippen molar-refractivity contribution in [2.24, 2.45) is 0 Å². The van der Waals surface area contributed by atoms with Crippen LogP contribution >= 0.6 is 0 Å². The van der Waals surface area contributed by atoms with Gasteiger partial charge in [0.1, 0.15) is 5.75 Å². The summed E-state index contributed by atoms with van der Waals surface area (Å²) >= 11 is 0. The Hall–Kier alpha value is -1.60. The fourth-order valence-corrected chi connectivity index (χ4v) is 5.48. The number of carbonyl (C=O) groups is 1. The third-order valence-electron chi connectivity index (χ3n) is 5.06. The zero-order valence-corrected chi connectivity index (χ0v) is 15.5. The van der Waals surface area contributed by atoms with Crippen LogP contribution in [0, 0.1) is 6.92 Å². The van der Waals surface area contributed by atoms with Gasteiger partial charge in [0.05, 0.1) is 5.25 Å². The maximum atomic E-state index is 12.6. The largest absolute Gasteiger partial charge is 0.484 e. The lowest BCUT2D eigenvalue weighted by molar-refractivity contribution is -0.134. The van der Waals surface area contributed by atoms with Gasteiger partial charge in [-0.3, -0.25) is 4.79 Å². The molecular formula is C18H26N2O4S. The van der Waals surface area contributed by atoms with E-state index in [1.54, 1.807) is 9.21 Å². The lowest BCUT2D eigenvalue weighted by Gasteiger charge is -2.35. The molecule has 0 bridgehead atoms. The first-order chi connectivity index (χ1) is 12.0. The number of ether oxygens (including phenoxy) is 1. The van der Waals surface area contributed by atoms with Crippen LogP contribution in [0.15, 0.2) is 24.3 Å². The number of rotatable bonds is 5. The van der Waals surface area contributed by atoms with Gasteiger partial charge in [-0.15, -0.1) is 0 Å². The van der Waals surface area contributed by atoms with Crippen molar-refractivity contribution >= 4 is 15.9 Å². The van der Waals surface area contributed by atoms with Crippen molar-refractivity contribution in [3.63, 3.8) is 0 Å². The maximum absolute atomic E-state index is 12.6. The molecule has 0 unspecified atom stereocenters. The third kappa shape index (κ3) is 4.33. The number of hydrogen-bond acceptors (Lipinski definition) is 4. The van der Waals surface area contributed by atoms with Gasteiger partial charge in [0, 0.05) is 26.2 Å². The molecule has 0 spiro atoms. The number of nitrogens with zero attached hydrogens (tertiary/aromatic N) is 2. The van der Waals surface area contributed by atoms with Crippen molar-refractivity contribution in [2.75, 3.05) is 32.8 Å². The molecule has 1 aromatic rings. The summed E-state index contributed by atoms with van der Waals surface area (Å²) in [5.41, 5.74) is 1.14. The smallest absolute Gasteiger partial charge is 0.260 e. The quantitative estimate of drug-likeness (QED) is 0.797. The molecule has 25 heavy (non-hydrogen) atoms. The molecule has 2 fully saturated rings. The summed E-state index contributed by atoms with van der Waals surface area (Å²) in [7, 11) is -3.21. The zero-order valence-electron chi connectivity index (χ0n) is 14.7. The number of piperazine rings is 1. The van der Waals surface area contributed by atoms with E-state index < -0.39 is 10.0 Å². The number of carbonyl (C=O) groups excluding carboxylic acids is 1. The molecule has 1 amide bonds. The molecule has 0 N–H and O–H groups in total. The summed E-state index contributed by atoms with van der Waals surface area (Å²) < 4.78 is 32.3. The van der Waals surface area contributed by atoms with Gasteiger partial charge in [0.15, 0.2) is 6.61 Å². The second kappa shape index (κ2) is 7.74. The third-order valence-corrected chi connectivity index (χ3v) is 7.46. The van der Waals surface area contributed by atoms with Crippen molar-refractivity contribution in [3.8, 4) is 5.75 Å². The highest BCUT2D eigenvalue weighted by Gasteiger charge is 2.36. The van der Waals surface area contributed by atoms with E-state index in [2.05, 4.69) is 0 Å². The lowest BCUT2D eigenvalue weighted by atomic mass is 10.2. The Balaban J connectivity index is 1.48. The molecule has 0 atom stereocenters. The first-order valence-electron chi connectivity index (χ1n) is 8.93. The van der Waals surface area contributed by atoms with Crippen LogP contribution in [-0.4, -0.2) is 61.6 Å². The Morgan fingerprint density at radius 3 is 2.28 bits per heavy atom. The minimum atomic E-state index is -3.21. The minimum absolute atomic E-state index is 0.0154. The topological polar surface area (TPSA) is 66.9 Å². The predicted molar refractivity (Wildman–Crippen MR) is 96.0 cm³/mol. The van der Waals surface area contributed by atoms with Crippen molar-refractivity contribution in [1.29, 1.82) is 0 Å². The highest BCUT2D eigenvalue weighted by Crippen LogP contribution is 2.27. The SMILES string of the molecule is Cc1ccc(OCC(=O)N2CCN(S(=O)(=O)C3CCCC3)CC2)cc1. The fraction of sp³-hybridized carbons (Fsp3) is 0.611. The van der Waals surface area contributed by atoms with Crippen LogP contribution in [0.2, 0.25) is 0 Å². The van der Waals surface area contributed by atoms with Gasteiger partial charge >= 0.3 is 0 Å². The zero-order chi connectivity index (χ0) is 17.9. The van der Waals surface area contributed by atoms with Crippen LogP contribution in [0.1, 0.15) is 31.2 Å². The highest BCUT2D eigenvalue weighted by atomic mass is 32.2. The average Bonchev–Trinajstić information content (AvgIpc) is 3.16. The fourth-order valence-electron chi connectivity index (χ4n) is 3.46. The first kappa shape index (κ1) is 18.2. The van der Waals surface area contributed by atoms with Crippen LogP contribution in [0.3, 0.4) is 0 Å². The molecule has 1 aliphatic carbocycles. The molecule has 1 aromatic carbocycles. The van der Waals surface area contributed by atoms with E-state index in [9.17, 15) is 13.2 Å². The molecule has 7 heteroatoms. The molecule has 1 saturated heterocycles. The molecule has 0 aromatic heterocycles. The Morgan fingerprint density at radius 2 is 1.68 bits per heavy atom. The normalized spacial score (nSPS) is 20.0. The van der Waals surface area contributed by atoms with E-state index in [0.29, 0.717) is 31.9 Å². The number of amides is 1. The summed E-state index contributed by atoms with van der Waals surface area (Å²) in [6, 6.07) is 7.56. The van der Waals surface area contributed by atoms with E-state index in [1.165, 1.54) is 0 Å². The second-order valence-electron chi connectivity index (χ2n) is 6.83. The molecule has 2 aliphatic rings. The highest BCUT2D eigenvalue weighted by molar-refractivity contribution is 7.89. The van der Waals surface area contributed by atoms with Crippen molar-refractivity contribution in [1.82, 2.24) is 9.21 Å². The van der Waals surface area contributed by atoms with E-state index in [-0.39, 0.29) is 17.8 Å². The molecule has 1 saturated carbocycles. The van der Waals surface area contributed by atoms with E-state index >= 15 is 0 Å². The molecule has 138 valence electrons. The summed E-state index contributed by atoms with van der Waals surface area (Å²) in [6.45, 7) is 3.61. The van der Waals surface area contributed by atoms with Gasteiger partial charge in [-0.2, -0.15) is 4.31 Å². The maximum Gasteiger partial charge on any atom is 0.260 e. The van der Waals surface area contributed by atoms with Crippen LogP contribution in [-0.2, 0) is 14.8 Å². The van der Waals surface area contributed by atoms with Gasteiger partial charge < -0.3 is 9.64 Å². The molecule has 1 heterocycles. The molecule has 1 aliphatic heterocycles. The van der Waals surface area contributed by atoms with Gasteiger partial charge in [-0.25, -0.2) is 8.42 Å². The minimum Gasteiger partial charge on any atom is -0.484 e. The number of sulfonamides is 1. The molecule has 0 radical (unpaired) electrons. The second-order valence-corrected chi connectivity index (χ2v) is 9.05. The number of hydrogen-bond donors (Lipinski definition) is 0. The average molecular weight is 366 g/mol. The standard InChI is InChI=1S/C18H26N2O4S/c1-15-6-8-16(9-7-15)24-14-18(21)19-10-12-20(13-11-19)25(22,23)17-4-2-3-5-17/h6-9,17H,2-5,10-14H2,1H3. The van der Waals surface area contributed by atoms with Gasteiger partial charge in [0.2, 0.25) is 10.0 Å². The first-order valence-corrected chi connectivity index (χ1v) is 10.4. The van der Waals surface area contributed by atoms with Crippen molar-refractivity contribution in [3.05, 3.63) is 29.8 Å². The Bertz CT molecular complexity index is 688. The lowest BCUT2D eigenvalue weighted by Crippen LogP contribution is -2.53. The van der Waals surface area contributed by atoms with Crippen LogP contribution in [0.4, 0.5) is 0 Å². The summed E-state index contributed by atoms with van der Waals surface area (Å²) in [4.78, 5) is 14.0. The summed E-state index contributed by atoms with van der Waals surface area (Å²) in [5, 5.41) is -0.223. The summed E-state index contributed by atoms with van der Waals surface area (Å²) in [5.74, 6) is 0.569. The van der Waals surface area contributed by atoms with Crippen LogP contribution < -0.4 is 4.74 Å².